The number of nitrogens with zero attached hydrogens (tertiary/aromatic N) is 1. The van der Waals surface area contributed by atoms with Gasteiger partial charge >= 0.3 is 18.7 Å². The molecule has 1 fully saturated rings. The van der Waals surface area contributed by atoms with Crippen molar-refractivity contribution in [3.05, 3.63) is 54.1 Å². The lowest BCUT2D eigenvalue weighted by Gasteiger charge is -2.36. The van der Waals surface area contributed by atoms with Crippen LogP contribution in [0, 0.1) is 5.92 Å². The van der Waals surface area contributed by atoms with Gasteiger partial charge in [-0.2, -0.15) is 22.0 Å². The molecule has 1 saturated carbocycles. The first-order valence-electron chi connectivity index (χ1n) is 12.5. The van der Waals surface area contributed by atoms with Crippen LogP contribution in [0.25, 0.3) is 0 Å². The van der Waals surface area contributed by atoms with Crippen LogP contribution in [0.4, 0.5) is 36.4 Å². The third kappa shape index (κ3) is 8.49. The summed E-state index contributed by atoms with van der Waals surface area (Å²) in [6.07, 6.45) is -16.3. The van der Waals surface area contributed by atoms with E-state index in [1.165, 1.54) is 11.0 Å². The molecule has 1 aliphatic rings. The largest absolute Gasteiger partial charge is 0.457 e. The monoisotopic (exact) mass is 551 g/mol. The Morgan fingerprint density at radius 3 is 2.26 bits per heavy atom. The zero-order chi connectivity index (χ0) is 28.1. The molecule has 0 saturated heterocycles. The molecule has 0 aromatic heterocycles. The summed E-state index contributed by atoms with van der Waals surface area (Å²) in [6.45, 7) is 3.22. The van der Waals surface area contributed by atoms with Crippen LogP contribution in [0.15, 0.2) is 48.5 Å². The van der Waals surface area contributed by atoms with E-state index in [-0.39, 0.29) is 25.3 Å². The van der Waals surface area contributed by atoms with Gasteiger partial charge in [0.25, 0.3) is 0 Å². The highest BCUT2D eigenvalue weighted by Crippen LogP contribution is 2.36. The van der Waals surface area contributed by atoms with Crippen LogP contribution < -0.4 is 9.64 Å². The van der Waals surface area contributed by atoms with Gasteiger partial charge < -0.3 is 19.5 Å². The molecule has 38 heavy (non-hydrogen) atoms. The van der Waals surface area contributed by atoms with E-state index < -0.39 is 43.4 Å². The lowest BCUT2D eigenvalue weighted by atomic mass is 9.86. The van der Waals surface area contributed by atoms with E-state index in [4.69, 9.17) is 4.74 Å². The van der Waals surface area contributed by atoms with Crippen LogP contribution in [-0.2, 0) is 4.74 Å². The molecule has 1 N–H and O–H groups in total. The fraction of sp³-hybridized carbons (Fsp3) is 0.556. The molecule has 0 spiro atoms. The Morgan fingerprint density at radius 1 is 0.974 bits per heavy atom. The highest BCUT2D eigenvalue weighted by molar-refractivity contribution is 5.52. The average molecular weight is 552 g/mol. The SMILES string of the molecule is CC(C)c1cccc(Oc2cccc(N(CC3CCCC(OC(F)(F)C(F)F)C3)CC(O)C(F)(F)F)c2)c1. The molecule has 3 atom stereocenters. The van der Waals surface area contributed by atoms with Crippen molar-refractivity contribution in [2.24, 2.45) is 5.92 Å². The van der Waals surface area contributed by atoms with Crippen molar-refractivity contribution in [1.29, 1.82) is 0 Å². The van der Waals surface area contributed by atoms with Crippen molar-refractivity contribution < 1.29 is 45.3 Å². The van der Waals surface area contributed by atoms with Gasteiger partial charge in [-0.1, -0.05) is 38.5 Å². The summed E-state index contributed by atoms with van der Waals surface area (Å²) in [5.41, 5.74) is 1.37. The van der Waals surface area contributed by atoms with Crippen molar-refractivity contribution in [3.8, 4) is 11.5 Å². The van der Waals surface area contributed by atoms with E-state index in [0.29, 0.717) is 30.0 Å². The van der Waals surface area contributed by atoms with Crippen molar-refractivity contribution in [1.82, 2.24) is 0 Å². The molecule has 212 valence electrons. The first kappa shape index (κ1) is 30.0. The average Bonchev–Trinajstić information content (AvgIpc) is 2.83. The van der Waals surface area contributed by atoms with Crippen molar-refractivity contribution >= 4 is 5.69 Å². The Bertz CT molecular complexity index is 1030. The van der Waals surface area contributed by atoms with Crippen LogP contribution in [0.3, 0.4) is 0 Å². The van der Waals surface area contributed by atoms with Gasteiger partial charge in [0.2, 0.25) is 0 Å². The van der Waals surface area contributed by atoms with E-state index in [0.717, 1.165) is 5.56 Å². The van der Waals surface area contributed by atoms with Gasteiger partial charge in [0.1, 0.15) is 11.5 Å². The fourth-order valence-corrected chi connectivity index (χ4v) is 4.51. The van der Waals surface area contributed by atoms with E-state index in [1.807, 2.05) is 32.0 Å². The lowest BCUT2D eigenvalue weighted by molar-refractivity contribution is -0.322. The maximum absolute atomic E-state index is 13.4. The van der Waals surface area contributed by atoms with Gasteiger partial charge in [0.05, 0.1) is 12.6 Å². The molecule has 0 radical (unpaired) electrons. The molecular weight excluding hydrogens is 519 g/mol. The number of hydrogen-bond acceptors (Lipinski definition) is 4. The van der Waals surface area contributed by atoms with E-state index >= 15 is 0 Å². The topological polar surface area (TPSA) is 41.9 Å². The zero-order valence-corrected chi connectivity index (χ0v) is 21.1. The smallest absolute Gasteiger partial charge is 0.416 e. The third-order valence-corrected chi connectivity index (χ3v) is 6.51. The summed E-state index contributed by atoms with van der Waals surface area (Å²) in [6, 6.07) is 13.7. The Labute approximate surface area is 217 Å². The van der Waals surface area contributed by atoms with Gasteiger partial charge in [-0.05, 0) is 60.9 Å². The van der Waals surface area contributed by atoms with Crippen molar-refractivity contribution in [2.45, 2.75) is 76.4 Å². The Balaban J connectivity index is 1.79. The van der Waals surface area contributed by atoms with Crippen molar-refractivity contribution in [3.63, 3.8) is 0 Å². The molecule has 0 bridgehead atoms. The summed E-state index contributed by atoms with van der Waals surface area (Å²) in [7, 11) is 0. The summed E-state index contributed by atoms with van der Waals surface area (Å²) >= 11 is 0. The first-order valence-corrected chi connectivity index (χ1v) is 12.5. The van der Waals surface area contributed by atoms with Crippen LogP contribution in [0.1, 0.15) is 51.0 Å². The third-order valence-electron chi connectivity index (χ3n) is 6.51. The lowest BCUT2D eigenvalue weighted by Crippen LogP contribution is -2.44. The number of benzene rings is 2. The predicted molar refractivity (Wildman–Crippen MR) is 129 cm³/mol. The molecule has 2 aromatic rings. The van der Waals surface area contributed by atoms with Gasteiger partial charge in [-0.3, -0.25) is 0 Å². The highest BCUT2D eigenvalue weighted by atomic mass is 19.4. The maximum atomic E-state index is 13.4. The van der Waals surface area contributed by atoms with E-state index in [9.17, 15) is 35.8 Å². The molecule has 3 rings (SSSR count). The van der Waals surface area contributed by atoms with Crippen LogP contribution in [0.2, 0.25) is 0 Å². The summed E-state index contributed by atoms with van der Waals surface area (Å²) in [4.78, 5) is 1.31. The second-order valence-corrected chi connectivity index (χ2v) is 9.92. The second kappa shape index (κ2) is 12.5. The zero-order valence-electron chi connectivity index (χ0n) is 21.1. The van der Waals surface area contributed by atoms with Crippen molar-refractivity contribution in [2.75, 3.05) is 18.0 Å². The van der Waals surface area contributed by atoms with Gasteiger partial charge in [-0.15, -0.1) is 0 Å². The standard InChI is InChI=1S/C27H32F7NO3/c1-17(2)19-7-4-9-21(13-19)37-22-10-5-8-20(14-22)35(16-24(36)26(30,31)32)15-18-6-3-11-23(12-18)38-27(33,34)25(28)29/h4-5,7-10,13-14,17-18,23-25,36H,3,6,11-12,15-16H2,1-2H3. The molecule has 0 aliphatic heterocycles. The molecule has 0 heterocycles. The number of aliphatic hydroxyl groups excluding tert-OH is 1. The minimum atomic E-state index is -4.87. The summed E-state index contributed by atoms with van der Waals surface area (Å²) in [5, 5.41) is 9.79. The second-order valence-electron chi connectivity index (χ2n) is 9.92. The molecule has 4 nitrogen and oxygen atoms in total. The maximum Gasteiger partial charge on any atom is 0.416 e. The van der Waals surface area contributed by atoms with Gasteiger partial charge in [0.15, 0.2) is 6.10 Å². The number of aliphatic hydroxyl groups is 1. The highest BCUT2D eigenvalue weighted by Gasteiger charge is 2.45. The number of alkyl halides is 7. The molecule has 2 aromatic carbocycles. The van der Waals surface area contributed by atoms with Crippen LogP contribution in [-0.4, -0.2) is 49.1 Å². The van der Waals surface area contributed by atoms with E-state index in [2.05, 4.69) is 4.74 Å². The Hall–Kier alpha value is -2.53. The van der Waals surface area contributed by atoms with Crippen LogP contribution >= 0.6 is 0 Å². The van der Waals surface area contributed by atoms with Crippen LogP contribution in [0.5, 0.6) is 11.5 Å². The summed E-state index contributed by atoms with van der Waals surface area (Å²) < 4.78 is 102. The number of hydrogen-bond donors (Lipinski definition) is 1. The van der Waals surface area contributed by atoms with Gasteiger partial charge in [0, 0.05) is 18.3 Å². The van der Waals surface area contributed by atoms with Gasteiger partial charge in [-0.25, -0.2) is 8.78 Å². The minimum Gasteiger partial charge on any atom is -0.457 e. The predicted octanol–water partition coefficient (Wildman–Crippen LogP) is 7.77. The minimum absolute atomic E-state index is 0.0282. The molecular formula is C27H32F7NO3. The molecule has 3 unspecified atom stereocenters. The normalized spacial score (nSPS) is 19.6. The quantitative estimate of drug-likeness (QED) is 0.290. The Morgan fingerprint density at radius 2 is 1.63 bits per heavy atom. The number of ether oxygens (including phenoxy) is 2. The molecule has 11 heteroatoms. The first-order chi connectivity index (χ1) is 17.7. The molecule has 1 aliphatic carbocycles. The molecule has 0 amide bonds. The number of halogens is 7. The fourth-order valence-electron chi connectivity index (χ4n) is 4.51. The number of rotatable bonds is 11. The Kier molecular flexibility index (Phi) is 9.91. The number of anilines is 1. The summed E-state index contributed by atoms with van der Waals surface area (Å²) in [5.74, 6) is 0.738. The van der Waals surface area contributed by atoms with E-state index in [1.54, 1.807) is 24.3 Å².